The second-order valence-corrected chi connectivity index (χ2v) is 11.0. The molecule has 3 aromatic carbocycles. The fourth-order valence-electron chi connectivity index (χ4n) is 6.49. The van der Waals surface area contributed by atoms with E-state index in [1.54, 1.807) is 6.92 Å². The van der Waals surface area contributed by atoms with Gasteiger partial charge in [-0.2, -0.15) is 0 Å². The van der Waals surface area contributed by atoms with Gasteiger partial charge in [-0.25, -0.2) is 9.59 Å². The molecule has 2 aliphatic heterocycles. The lowest BCUT2D eigenvalue weighted by Crippen LogP contribution is -2.58. The van der Waals surface area contributed by atoms with Crippen molar-refractivity contribution in [2.75, 3.05) is 13.2 Å². The first-order valence-corrected chi connectivity index (χ1v) is 14.4. The summed E-state index contributed by atoms with van der Waals surface area (Å²) >= 11 is 0. The largest absolute Gasteiger partial charge is 0.480 e. The second-order valence-electron chi connectivity index (χ2n) is 11.0. The van der Waals surface area contributed by atoms with E-state index in [1.807, 2.05) is 66.7 Å². The standard InChI is InChI=1S/C33H34N2O7/c1-20(41-18-21-9-3-2-4-10-21)30(31(36)35-27-15-16-40-29(27)17-28(35)32(37)38)34-33(39)42-19-26-24-13-7-5-11-22(24)23-12-6-8-14-25(23)26/h2-14,20,26-30H,15-19H2,1H3,(H,34,39)(H,37,38)/t20-,27?,28?,29?,30+/m0/s1. The number of carbonyl (C=O) groups excluding carboxylic acids is 2. The normalized spacial score (nSPS) is 22.1. The Morgan fingerprint density at radius 3 is 2.29 bits per heavy atom. The molecule has 42 heavy (non-hydrogen) atoms. The molecule has 0 bridgehead atoms. The highest BCUT2D eigenvalue weighted by atomic mass is 16.6. The molecule has 0 saturated carbocycles. The molecule has 9 heteroatoms. The Balaban J connectivity index is 1.20. The molecule has 2 N–H and O–H groups in total. The van der Waals surface area contributed by atoms with Crippen LogP contribution in [0.15, 0.2) is 78.9 Å². The number of amides is 2. The van der Waals surface area contributed by atoms with E-state index in [0.717, 1.165) is 27.8 Å². The summed E-state index contributed by atoms with van der Waals surface area (Å²) in [6, 6.07) is 23.0. The number of likely N-dealkylation sites (tertiary alicyclic amines) is 1. The van der Waals surface area contributed by atoms with Crippen molar-refractivity contribution in [1.82, 2.24) is 10.2 Å². The maximum atomic E-state index is 14.0. The molecule has 9 nitrogen and oxygen atoms in total. The molecule has 3 unspecified atom stereocenters. The van der Waals surface area contributed by atoms with Gasteiger partial charge in [0.2, 0.25) is 5.91 Å². The van der Waals surface area contributed by atoms with E-state index in [-0.39, 0.29) is 37.7 Å². The van der Waals surface area contributed by atoms with Gasteiger partial charge in [0.05, 0.1) is 24.9 Å². The first-order chi connectivity index (χ1) is 20.4. The molecule has 2 heterocycles. The zero-order chi connectivity index (χ0) is 29.2. The van der Waals surface area contributed by atoms with E-state index in [9.17, 15) is 19.5 Å². The van der Waals surface area contributed by atoms with Gasteiger partial charge in [-0.1, -0.05) is 78.9 Å². The van der Waals surface area contributed by atoms with Crippen molar-refractivity contribution in [2.24, 2.45) is 0 Å². The third kappa shape index (κ3) is 5.37. The number of fused-ring (bicyclic) bond motifs is 4. The summed E-state index contributed by atoms with van der Waals surface area (Å²) in [5, 5.41) is 12.6. The lowest BCUT2D eigenvalue weighted by Gasteiger charge is -2.33. The predicted molar refractivity (Wildman–Crippen MR) is 154 cm³/mol. The number of rotatable bonds is 9. The number of hydrogen-bond donors (Lipinski definition) is 2. The Kier molecular flexibility index (Phi) is 7.95. The molecular weight excluding hydrogens is 536 g/mol. The monoisotopic (exact) mass is 570 g/mol. The van der Waals surface area contributed by atoms with E-state index >= 15 is 0 Å². The van der Waals surface area contributed by atoms with Crippen LogP contribution in [0.1, 0.15) is 42.4 Å². The number of benzene rings is 3. The molecule has 3 aromatic rings. The lowest BCUT2D eigenvalue weighted by atomic mass is 9.98. The number of aliphatic carboxylic acids is 1. The third-order valence-electron chi connectivity index (χ3n) is 8.57. The summed E-state index contributed by atoms with van der Waals surface area (Å²) in [7, 11) is 0. The molecule has 218 valence electrons. The zero-order valence-electron chi connectivity index (χ0n) is 23.3. The van der Waals surface area contributed by atoms with Gasteiger partial charge in [0.25, 0.3) is 0 Å². The van der Waals surface area contributed by atoms with Crippen LogP contribution < -0.4 is 5.32 Å². The number of hydrogen-bond acceptors (Lipinski definition) is 6. The molecule has 2 amide bonds. The summed E-state index contributed by atoms with van der Waals surface area (Å²) in [6.45, 7) is 2.45. The van der Waals surface area contributed by atoms with Crippen molar-refractivity contribution in [3.8, 4) is 11.1 Å². The number of alkyl carbamates (subject to hydrolysis) is 1. The quantitative estimate of drug-likeness (QED) is 0.393. The number of nitrogens with zero attached hydrogens (tertiary/aromatic N) is 1. The van der Waals surface area contributed by atoms with Gasteiger partial charge in [-0.15, -0.1) is 0 Å². The van der Waals surface area contributed by atoms with Crippen LogP contribution in [0, 0.1) is 0 Å². The van der Waals surface area contributed by atoms with Gasteiger partial charge in [-0.05, 0) is 41.2 Å². The van der Waals surface area contributed by atoms with Crippen LogP contribution in [0.5, 0.6) is 0 Å². The average molecular weight is 571 g/mol. The van der Waals surface area contributed by atoms with Crippen LogP contribution in [0.3, 0.4) is 0 Å². The van der Waals surface area contributed by atoms with Gasteiger partial charge in [-0.3, -0.25) is 4.79 Å². The van der Waals surface area contributed by atoms with E-state index in [4.69, 9.17) is 14.2 Å². The van der Waals surface area contributed by atoms with Crippen molar-refractivity contribution >= 4 is 18.0 Å². The predicted octanol–water partition coefficient (Wildman–Crippen LogP) is 4.34. The molecular formula is C33H34N2O7. The Labute approximate surface area is 244 Å². The molecule has 0 aromatic heterocycles. The number of carboxylic acid groups (broad SMARTS) is 1. The highest BCUT2D eigenvalue weighted by Gasteiger charge is 2.52. The van der Waals surface area contributed by atoms with Crippen molar-refractivity contribution in [2.45, 2.75) is 62.6 Å². The number of carboxylic acids is 1. The maximum absolute atomic E-state index is 14.0. The SMILES string of the molecule is C[C@H](OCc1ccccc1)[C@@H](NC(=O)OCC1c2ccccc2-c2ccccc21)C(=O)N1C(C(=O)O)CC2OCCC21. The number of nitrogens with one attached hydrogen (secondary N) is 1. The van der Waals surface area contributed by atoms with Gasteiger partial charge in [0.15, 0.2) is 0 Å². The van der Waals surface area contributed by atoms with Crippen molar-refractivity contribution in [1.29, 1.82) is 0 Å². The molecule has 3 aliphatic rings. The molecule has 2 saturated heterocycles. The fourth-order valence-corrected chi connectivity index (χ4v) is 6.49. The Morgan fingerprint density at radius 1 is 0.976 bits per heavy atom. The smallest absolute Gasteiger partial charge is 0.407 e. The first-order valence-electron chi connectivity index (χ1n) is 14.4. The summed E-state index contributed by atoms with van der Waals surface area (Å²) in [4.78, 5) is 40.8. The van der Waals surface area contributed by atoms with Gasteiger partial charge in [0, 0.05) is 18.9 Å². The van der Waals surface area contributed by atoms with E-state index in [2.05, 4.69) is 17.4 Å². The summed E-state index contributed by atoms with van der Waals surface area (Å²) in [6.07, 6.45) is -1.13. The van der Waals surface area contributed by atoms with Gasteiger partial charge >= 0.3 is 12.1 Å². The molecule has 0 spiro atoms. The highest BCUT2D eigenvalue weighted by molar-refractivity contribution is 5.91. The Hall–Kier alpha value is -4.21. The molecule has 6 rings (SSSR count). The Bertz CT molecular complexity index is 1420. The Morgan fingerprint density at radius 2 is 1.62 bits per heavy atom. The second kappa shape index (κ2) is 12.0. The first kappa shape index (κ1) is 27.9. The number of ether oxygens (including phenoxy) is 3. The maximum Gasteiger partial charge on any atom is 0.407 e. The molecule has 2 fully saturated rings. The topological polar surface area (TPSA) is 114 Å². The average Bonchev–Trinajstić information content (AvgIpc) is 3.70. The van der Waals surface area contributed by atoms with Gasteiger partial charge in [0.1, 0.15) is 18.7 Å². The molecule has 0 radical (unpaired) electrons. The van der Waals surface area contributed by atoms with Gasteiger partial charge < -0.3 is 29.5 Å². The fraction of sp³-hybridized carbons (Fsp3) is 0.364. The lowest BCUT2D eigenvalue weighted by molar-refractivity contribution is -0.152. The zero-order valence-corrected chi connectivity index (χ0v) is 23.3. The van der Waals surface area contributed by atoms with Crippen LogP contribution in [-0.2, 0) is 30.4 Å². The summed E-state index contributed by atoms with van der Waals surface area (Å²) in [5.74, 6) is -1.76. The van der Waals surface area contributed by atoms with Crippen LogP contribution in [0.4, 0.5) is 4.79 Å². The van der Waals surface area contributed by atoms with Crippen molar-refractivity contribution < 1.29 is 33.7 Å². The van der Waals surface area contributed by atoms with E-state index in [0.29, 0.717) is 13.0 Å². The van der Waals surface area contributed by atoms with Crippen molar-refractivity contribution in [3.63, 3.8) is 0 Å². The molecule has 1 aliphatic carbocycles. The highest BCUT2D eigenvalue weighted by Crippen LogP contribution is 2.44. The molecule has 5 atom stereocenters. The van der Waals surface area contributed by atoms with Crippen LogP contribution in [-0.4, -0.2) is 71.5 Å². The summed E-state index contributed by atoms with van der Waals surface area (Å²) in [5.41, 5.74) is 5.28. The third-order valence-corrected chi connectivity index (χ3v) is 8.57. The van der Waals surface area contributed by atoms with E-state index in [1.165, 1.54) is 4.90 Å². The van der Waals surface area contributed by atoms with E-state index < -0.39 is 36.2 Å². The van der Waals surface area contributed by atoms with Crippen LogP contribution >= 0.6 is 0 Å². The van der Waals surface area contributed by atoms with Crippen LogP contribution in [0.2, 0.25) is 0 Å². The van der Waals surface area contributed by atoms with Crippen LogP contribution in [0.25, 0.3) is 11.1 Å². The van der Waals surface area contributed by atoms with Crippen molar-refractivity contribution in [3.05, 3.63) is 95.6 Å². The minimum absolute atomic E-state index is 0.0834. The summed E-state index contributed by atoms with van der Waals surface area (Å²) < 4.78 is 17.5. The number of carbonyl (C=O) groups is 3. The minimum Gasteiger partial charge on any atom is -0.480 e. The minimum atomic E-state index is -1.16.